The number of nitrogens with zero attached hydrogens (tertiary/aromatic N) is 1. The van der Waals surface area contributed by atoms with Crippen LogP contribution in [0.5, 0.6) is 0 Å². The SMILES string of the molecule is Cc1cccc(Cl)c1N1CCC(N)C1. The molecule has 0 bridgehead atoms. The number of nitrogens with two attached hydrogens (primary N) is 1. The van der Waals surface area contributed by atoms with Gasteiger partial charge in [0.2, 0.25) is 0 Å². The molecule has 0 spiro atoms. The first-order valence-corrected chi connectivity index (χ1v) is 5.32. The lowest BCUT2D eigenvalue weighted by molar-refractivity contribution is 0.752. The van der Waals surface area contributed by atoms with Crippen LogP contribution < -0.4 is 10.6 Å². The second-order valence-corrected chi connectivity index (χ2v) is 4.31. The van der Waals surface area contributed by atoms with E-state index in [1.165, 1.54) is 5.56 Å². The van der Waals surface area contributed by atoms with Gasteiger partial charge in [0, 0.05) is 19.1 Å². The molecule has 3 heteroatoms. The van der Waals surface area contributed by atoms with E-state index in [0.29, 0.717) is 6.04 Å². The summed E-state index contributed by atoms with van der Waals surface area (Å²) in [5.41, 5.74) is 8.26. The maximum absolute atomic E-state index is 6.17. The van der Waals surface area contributed by atoms with Gasteiger partial charge in [0.05, 0.1) is 10.7 Å². The van der Waals surface area contributed by atoms with Gasteiger partial charge in [0.15, 0.2) is 0 Å². The first-order chi connectivity index (χ1) is 6.68. The minimum atomic E-state index is 0.297. The minimum Gasteiger partial charge on any atom is -0.369 e. The van der Waals surface area contributed by atoms with E-state index in [1.54, 1.807) is 0 Å². The largest absolute Gasteiger partial charge is 0.369 e. The highest BCUT2D eigenvalue weighted by atomic mass is 35.5. The zero-order chi connectivity index (χ0) is 10.1. The quantitative estimate of drug-likeness (QED) is 0.770. The summed E-state index contributed by atoms with van der Waals surface area (Å²) in [4.78, 5) is 2.28. The van der Waals surface area contributed by atoms with Crippen LogP contribution in [0.2, 0.25) is 5.02 Å². The predicted octanol–water partition coefficient (Wildman–Crippen LogP) is 2.19. The molecule has 1 aliphatic rings. The highest BCUT2D eigenvalue weighted by Gasteiger charge is 2.21. The van der Waals surface area contributed by atoms with Gasteiger partial charge >= 0.3 is 0 Å². The molecule has 0 amide bonds. The van der Waals surface area contributed by atoms with Crippen LogP contribution in [0.15, 0.2) is 18.2 Å². The maximum Gasteiger partial charge on any atom is 0.0642 e. The van der Waals surface area contributed by atoms with Crippen LogP contribution in [0.3, 0.4) is 0 Å². The summed E-state index contributed by atoms with van der Waals surface area (Å²) >= 11 is 6.17. The van der Waals surface area contributed by atoms with E-state index in [9.17, 15) is 0 Å². The highest BCUT2D eigenvalue weighted by Crippen LogP contribution is 2.31. The molecule has 1 aliphatic heterocycles. The number of benzene rings is 1. The fourth-order valence-corrected chi connectivity index (χ4v) is 2.36. The number of hydrogen-bond donors (Lipinski definition) is 1. The number of halogens is 1. The fraction of sp³-hybridized carbons (Fsp3) is 0.455. The number of rotatable bonds is 1. The second-order valence-electron chi connectivity index (χ2n) is 3.90. The Morgan fingerprint density at radius 3 is 2.86 bits per heavy atom. The third-order valence-electron chi connectivity index (χ3n) is 2.73. The standard InChI is InChI=1S/C11H15ClN2/c1-8-3-2-4-10(12)11(8)14-6-5-9(13)7-14/h2-4,9H,5-7,13H2,1H3. The lowest BCUT2D eigenvalue weighted by Gasteiger charge is -2.21. The van der Waals surface area contributed by atoms with Crippen molar-refractivity contribution < 1.29 is 0 Å². The Labute approximate surface area is 89.7 Å². The van der Waals surface area contributed by atoms with E-state index in [0.717, 1.165) is 30.2 Å². The summed E-state index contributed by atoms with van der Waals surface area (Å²) in [6.45, 7) is 4.03. The van der Waals surface area contributed by atoms with Crippen LogP contribution in [0.4, 0.5) is 5.69 Å². The Bertz CT molecular complexity index is 318. The van der Waals surface area contributed by atoms with Crippen molar-refractivity contribution in [3.05, 3.63) is 28.8 Å². The average molecular weight is 211 g/mol. The summed E-state index contributed by atoms with van der Waals surface area (Å²) in [6.07, 6.45) is 1.06. The van der Waals surface area contributed by atoms with Gasteiger partial charge < -0.3 is 10.6 Å². The van der Waals surface area contributed by atoms with Crippen molar-refractivity contribution in [3.8, 4) is 0 Å². The molecular weight excluding hydrogens is 196 g/mol. The first kappa shape index (κ1) is 9.81. The molecule has 1 atom stereocenters. The predicted molar refractivity (Wildman–Crippen MR) is 61.0 cm³/mol. The van der Waals surface area contributed by atoms with Crippen LogP contribution in [0, 0.1) is 6.92 Å². The minimum absolute atomic E-state index is 0.297. The number of anilines is 1. The number of aryl methyl sites for hydroxylation is 1. The summed E-state index contributed by atoms with van der Waals surface area (Å²) in [7, 11) is 0. The molecular formula is C11H15ClN2. The molecule has 1 unspecified atom stereocenters. The zero-order valence-corrected chi connectivity index (χ0v) is 9.09. The van der Waals surface area contributed by atoms with Crippen LogP contribution in [0.25, 0.3) is 0 Å². The van der Waals surface area contributed by atoms with E-state index in [4.69, 9.17) is 17.3 Å². The molecule has 14 heavy (non-hydrogen) atoms. The Morgan fingerprint density at radius 1 is 1.50 bits per heavy atom. The smallest absolute Gasteiger partial charge is 0.0642 e. The molecule has 76 valence electrons. The summed E-state index contributed by atoms with van der Waals surface area (Å²) in [6, 6.07) is 6.31. The molecule has 1 aromatic carbocycles. The normalized spacial score (nSPS) is 21.6. The maximum atomic E-state index is 6.17. The van der Waals surface area contributed by atoms with Crippen molar-refractivity contribution in [2.75, 3.05) is 18.0 Å². The molecule has 0 aliphatic carbocycles. The average Bonchev–Trinajstić information content (AvgIpc) is 2.51. The van der Waals surface area contributed by atoms with Crippen molar-refractivity contribution >= 4 is 17.3 Å². The van der Waals surface area contributed by atoms with Gasteiger partial charge in [-0.15, -0.1) is 0 Å². The molecule has 0 aromatic heterocycles. The zero-order valence-electron chi connectivity index (χ0n) is 8.33. The van der Waals surface area contributed by atoms with Gasteiger partial charge in [-0.05, 0) is 25.0 Å². The van der Waals surface area contributed by atoms with E-state index in [-0.39, 0.29) is 0 Å². The Kier molecular flexibility index (Phi) is 2.66. The fourth-order valence-electron chi connectivity index (χ4n) is 2.01. The molecule has 2 nitrogen and oxygen atoms in total. The monoisotopic (exact) mass is 210 g/mol. The molecule has 2 rings (SSSR count). The third-order valence-corrected chi connectivity index (χ3v) is 3.03. The van der Waals surface area contributed by atoms with Gasteiger partial charge in [-0.25, -0.2) is 0 Å². The van der Waals surface area contributed by atoms with Crippen molar-refractivity contribution in [1.29, 1.82) is 0 Å². The topological polar surface area (TPSA) is 29.3 Å². The second kappa shape index (κ2) is 3.79. The Hall–Kier alpha value is -0.730. The van der Waals surface area contributed by atoms with E-state index in [2.05, 4.69) is 17.9 Å². The molecule has 1 saturated heterocycles. The van der Waals surface area contributed by atoms with Crippen LogP contribution in [-0.2, 0) is 0 Å². The van der Waals surface area contributed by atoms with Crippen LogP contribution in [0.1, 0.15) is 12.0 Å². The van der Waals surface area contributed by atoms with Gasteiger partial charge in [-0.2, -0.15) is 0 Å². The molecule has 1 aromatic rings. The highest BCUT2D eigenvalue weighted by molar-refractivity contribution is 6.33. The molecule has 1 fully saturated rings. The van der Waals surface area contributed by atoms with Crippen molar-refractivity contribution in [1.82, 2.24) is 0 Å². The lowest BCUT2D eigenvalue weighted by Crippen LogP contribution is -2.26. The molecule has 2 N–H and O–H groups in total. The molecule has 1 heterocycles. The number of hydrogen-bond acceptors (Lipinski definition) is 2. The Balaban J connectivity index is 2.31. The van der Waals surface area contributed by atoms with Crippen molar-refractivity contribution in [2.45, 2.75) is 19.4 Å². The number of para-hydroxylation sites is 1. The van der Waals surface area contributed by atoms with Crippen molar-refractivity contribution in [3.63, 3.8) is 0 Å². The van der Waals surface area contributed by atoms with Gasteiger partial charge in [-0.3, -0.25) is 0 Å². The van der Waals surface area contributed by atoms with Gasteiger partial charge in [-0.1, -0.05) is 23.7 Å². The van der Waals surface area contributed by atoms with Crippen molar-refractivity contribution in [2.24, 2.45) is 5.73 Å². The third kappa shape index (κ3) is 1.72. The van der Waals surface area contributed by atoms with Crippen LogP contribution in [-0.4, -0.2) is 19.1 Å². The van der Waals surface area contributed by atoms with Gasteiger partial charge in [0.25, 0.3) is 0 Å². The lowest BCUT2D eigenvalue weighted by atomic mass is 10.2. The summed E-state index contributed by atoms with van der Waals surface area (Å²) < 4.78 is 0. The Morgan fingerprint density at radius 2 is 2.29 bits per heavy atom. The van der Waals surface area contributed by atoms with E-state index < -0.39 is 0 Å². The summed E-state index contributed by atoms with van der Waals surface area (Å²) in [5.74, 6) is 0. The van der Waals surface area contributed by atoms with E-state index in [1.807, 2.05) is 12.1 Å². The summed E-state index contributed by atoms with van der Waals surface area (Å²) in [5, 5.41) is 0.833. The first-order valence-electron chi connectivity index (χ1n) is 4.94. The molecule has 0 radical (unpaired) electrons. The van der Waals surface area contributed by atoms with Gasteiger partial charge in [0.1, 0.15) is 0 Å². The van der Waals surface area contributed by atoms with E-state index >= 15 is 0 Å². The molecule has 0 saturated carbocycles. The van der Waals surface area contributed by atoms with Crippen LogP contribution >= 0.6 is 11.6 Å².